The minimum absolute atomic E-state index is 0.138. The second-order valence-corrected chi connectivity index (χ2v) is 5.34. The first-order valence-corrected chi connectivity index (χ1v) is 7.10. The van der Waals surface area contributed by atoms with E-state index in [0.29, 0.717) is 0 Å². The van der Waals surface area contributed by atoms with Crippen LogP contribution in [0.15, 0.2) is 22.7 Å². The van der Waals surface area contributed by atoms with Crippen LogP contribution in [0.3, 0.4) is 0 Å². The number of carbonyl (C=O) groups excluding carboxylic acids is 2. The van der Waals surface area contributed by atoms with Crippen LogP contribution in [0.1, 0.15) is 18.9 Å². The molecule has 0 radical (unpaired) electrons. The van der Waals surface area contributed by atoms with Gasteiger partial charge in [-0.15, -0.1) is 0 Å². The van der Waals surface area contributed by atoms with Crippen molar-refractivity contribution in [1.29, 1.82) is 0 Å². The van der Waals surface area contributed by atoms with E-state index in [4.69, 9.17) is 4.74 Å². The van der Waals surface area contributed by atoms with E-state index in [9.17, 15) is 9.59 Å². The number of rotatable bonds is 6. The Balaban J connectivity index is 2.39. The quantitative estimate of drug-likeness (QED) is 0.832. The van der Waals surface area contributed by atoms with Crippen LogP contribution >= 0.6 is 15.9 Å². The van der Waals surface area contributed by atoms with Crippen molar-refractivity contribution in [2.45, 2.75) is 26.4 Å². The topological polar surface area (TPSA) is 67.4 Å². The molecule has 1 atom stereocenters. The normalized spacial score (nSPS) is 11.8. The summed E-state index contributed by atoms with van der Waals surface area (Å²) in [4.78, 5) is 23.2. The number of methoxy groups -OCH3 is 1. The summed E-state index contributed by atoms with van der Waals surface area (Å²) in [5.74, 6) is -0.360. The Kier molecular flexibility index (Phi) is 6.67. The van der Waals surface area contributed by atoms with Gasteiger partial charge in [-0.05, 0) is 37.6 Å². The van der Waals surface area contributed by atoms with Gasteiger partial charge in [-0.25, -0.2) is 0 Å². The molecule has 0 saturated heterocycles. The molecular weight excluding hydrogens is 324 g/mol. The summed E-state index contributed by atoms with van der Waals surface area (Å²) >= 11 is 3.37. The van der Waals surface area contributed by atoms with E-state index >= 15 is 0 Å². The van der Waals surface area contributed by atoms with Gasteiger partial charge in [0.05, 0.1) is 0 Å². The number of aryl methyl sites for hydroxylation is 1. The maximum Gasteiger partial charge on any atom is 0.248 e. The van der Waals surface area contributed by atoms with Gasteiger partial charge in [0, 0.05) is 30.2 Å². The van der Waals surface area contributed by atoms with Gasteiger partial charge in [0.2, 0.25) is 11.8 Å². The molecule has 0 fully saturated rings. The average molecular weight is 343 g/mol. The highest BCUT2D eigenvalue weighted by molar-refractivity contribution is 9.10. The summed E-state index contributed by atoms with van der Waals surface area (Å²) in [5.41, 5.74) is 1.75. The molecule has 1 aromatic rings. The molecule has 2 amide bonds. The molecule has 0 spiro atoms. The number of benzene rings is 1. The van der Waals surface area contributed by atoms with Crippen LogP contribution < -0.4 is 10.6 Å². The van der Waals surface area contributed by atoms with Crippen molar-refractivity contribution in [2.24, 2.45) is 0 Å². The number of halogens is 1. The molecule has 0 aliphatic rings. The molecule has 0 bridgehead atoms. The first kappa shape index (κ1) is 16.7. The van der Waals surface area contributed by atoms with E-state index in [2.05, 4.69) is 26.6 Å². The van der Waals surface area contributed by atoms with Gasteiger partial charge in [-0.3, -0.25) is 9.59 Å². The van der Waals surface area contributed by atoms with E-state index < -0.39 is 6.10 Å². The molecule has 0 aromatic heterocycles. The lowest BCUT2D eigenvalue weighted by atomic mass is 10.2. The molecule has 0 aliphatic heterocycles. The summed E-state index contributed by atoms with van der Waals surface area (Å²) in [7, 11) is 1.47. The van der Waals surface area contributed by atoms with Crippen LogP contribution in [0.4, 0.5) is 5.69 Å². The Morgan fingerprint density at radius 3 is 2.70 bits per heavy atom. The summed E-state index contributed by atoms with van der Waals surface area (Å²) in [6.45, 7) is 3.86. The summed E-state index contributed by atoms with van der Waals surface area (Å²) in [5, 5.41) is 5.45. The number of hydrogen-bond acceptors (Lipinski definition) is 3. The van der Waals surface area contributed by atoms with Crippen LogP contribution in [-0.4, -0.2) is 31.6 Å². The molecule has 0 unspecified atom stereocenters. The van der Waals surface area contributed by atoms with Crippen LogP contribution in [0.2, 0.25) is 0 Å². The Bertz CT molecular complexity index is 491. The minimum atomic E-state index is -0.508. The van der Waals surface area contributed by atoms with Gasteiger partial charge >= 0.3 is 0 Å². The fraction of sp³-hybridized carbons (Fsp3) is 0.429. The van der Waals surface area contributed by atoms with E-state index in [0.717, 1.165) is 15.7 Å². The highest BCUT2D eigenvalue weighted by atomic mass is 79.9. The molecule has 6 heteroatoms. The number of nitrogens with one attached hydrogen (secondary N) is 2. The average Bonchev–Trinajstić information content (AvgIpc) is 2.41. The van der Waals surface area contributed by atoms with E-state index in [-0.39, 0.29) is 24.8 Å². The molecule has 0 aliphatic carbocycles. The number of carbonyl (C=O) groups is 2. The van der Waals surface area contributed by atoms with Gasteiger partial charge in [0.15, 0.2) is 0 Å². The largest absolute Gasteiger partial charge is 0.372 e. The highest BCUT2D eigenvalue weighted by Gasteiger charge is 2.11. The van der Waals surface area contributed by atoms with Gasteiger partial charge in [0.25, 0.3) is 0 Å². The van der Waals surface area contributed by atoms with E-state index in [1.54, 1.807) is 6.92 Å². The second kappa shape index (κ2) is 8.01. The minimum Gasteiger partial charge on any atom is -0.372 e. The van der Waals surface area contributed by atoms with E-state index in [1.807, 2.05) is 25.1 Å². The van der Waals surface area contributed by atoms with Crippen molar-refractivity contribution in [2.75, 3.05) is 19.0 Å². The molecule has 110 valence electrons. The summed E-state index contributed by atoms with van der Waals surface area (Å²) < 4.78 is 5.84. The Morgan fingerprint density at radius 2 is 2.10 bits per heavy atom. The monoisotopic (exact) mass is 342 g/mol. The lowest BCUT2D eigenvalue weighted by molar-refractivity contribution is -0.130. The molecule has 2 N–H and O–H groups in total. The van der Waals surface area contributed by atoms with Gasteiger partial charge < -0.3 is 15.4 Å². The Hall–Kier alpha value is -1.40. The predicted octanol–water partition coefficient (Wildman–Crippen LogP) is 2.24. The van der Waals surface area contributed by atoms with Gasteiger partial charge in [-0.1, -0.05) is 15.9 Å². The third-order valence-corrected chi connectivity index (χ3v) is 3.33. The third-order valence-electron chi connectivity index (χ3n) is 2.84. The Labute approximate surface area is 127 Å². The summed E-state index contributed by atoms with van der Waals surface area (Å²) in [6, 6.07) is 5.63. The zero-order chi connectivity index (χ0) is 15.1. The molecular formula is C14H19BrN2O3. The molecule has 1 aromatic carbocycles. The maximum atomic E-state index is 11.8. The van der Waals surface area contributed by atoms with Gasteiger partial charge in [0.1, 0.15) is 6.10 Å². The SMILES string of the molecule is CO[C@H](C)C(=O)NCCC(=O)Nc1ccc(Br)cc1C. The standard InChI is InChI=1S/C14H19BrN2O3/c1-9-8-11(15)4-5-12(9)17-13(18)6-7-16-14(19)10(2)20-3/h4-5,8,10H,6-7H2,1-3H3,(H,16,19)(H,17,18)/t10-/m1/s1. The fourth-order valence-electron chi connectivity index (χ4n) is 1.53. The molecule has 5 nitrogen and oxygen atoms in total. The lowest BCUT2D eigenvalue weighted by Gasteiger charge is -2.11. The predicted molar refractivity (Wildman–Crippen MR) is 81.6 cm³/mol. The Morgan fingerprint density at radius 1 is 1.40 bits per heavy atom. The van der Waals surface area contributed by atoms with Crippen LogP contribution in [-0.2, 0) is 14.3 Å². The molecule has 0 heterocycles. The van der Waals surface area contributed by atoms with Crippen molar-refractivity contribution >= 4 is 33.4 Å². The number of amides is 2. The van der Waals surface area contributed by atoms with Crippen LogP contribution in [0.5, 0.6) is 0 Å². The number of anilines is 1. The first-order valence-electron chi connectivity index (χ1n) is 6.30. The van der Waals surface area contributed by atoms with Crippen molar-refractivity contribution in [1.82, 2.24) is 5.32 Å². The maximum absolute atomic E-state index is 11.8. The highest BCUT2D eigenvalue weighted by Crippen LogP contribution is 2.19. The van der Waals surface area contributed by atoms with Crippen molar-refractivity contribution < 1.29 is 14.3 Å². The second-order valence-electron chi connectivity index (χ2n) is 4.43. The fourth-order valence-corrected chi connectivity index (χ4v) is 2.01. The molecule has 1 rings (SSSR count). The van der Waals surface area contributed by atoms with Crippen molar-refractivity contribution in [3.8, 4) is 0 Å². The lowest BCUT2D eigenvalue weighted by Crippen LogP contribution is -2.35. The zero-order valence-electron chi connectivity index (χ0n) is 11.8. The smallest absolute Gasteiger partial charge is 0.248 e. The van der Waals surface area contributed by atoms with Crippen molar-refractivity contribution in [3.05, 3.63) is 28.2 Å². The van der Waals surface area contributed by atoms with Gasteiger partial charge in [-0.2, -0.15) is 0 Å². The van der Waals surface area contributed by atoms with Crippen molar-refractivity contribution in [3.63, 3.8) is 0 Å². The first-order chi connectivity index (χ1) is 9.43. The molecule has 0 saturated carbocycles. The van der Waals surface area contributed by atoms with E-state index in [1.165, 1.54) is 7.11 Å². The number of ether oxygens (including phenoxy) is 1. The van der Waals surface area contributed by atoms with Crippen LogP contribution in [0, 0.1) is 6.92 Å². The number of hydrogen-bond donors (Lipinski definition) is 2. The van der Waals surface area contributed by atoms with Crippen LogP contribution in [0.25, 0.3) is 0 Å². The molecule has 20 heavy (non-hydrogen) atoms. The third kappa shape index (κ3) is 5.30. The summed E-state index contributed by atoms with van der Waals surface area (Å²) in [6.07, 6.45) is -0.288. The zero-order valence-corrected chi connectivity index (χ0v) is 13.4.